The zero-order chi connectivity index (χ0) is 5.82. The van der Waals surface area contributed by atoms with Gasteiger partial charge in [0.1, 0.15) is 0 Å². The van der Waals surface area contributed by atoms with Crippen molar-refractivity contribution in [3.63, 3.8) is 0 Å². The van der Waals surface area contributed by atoms with Gasteiger partial charge < -0.3 is 9.47 Å². The quantitative estimate of drug-likeness (QED) is 0.472. The minimum atomic E-state index is -0.0613. The third kappa shape index (κ3) is 1.54. The van der Waals surface area contributed by atoms with Gasteiger partial charge >= 0.3 is 0 Å². The molecule has 0 aromatic carbocycles. The van der Waals surface area contributed by atoms with E-state index in [0.717, 1.165) is 13.0 Å². The molecule has 1 aliphatic heterocycles. The summed E-state index contributed by atoms with van der Waals surface area (Å²) < 4.78 is 10.1. The van der Waals surface area contributed by atoms with Crippen molar-refractivity contribution in [2.75, 3.05) is 6.61 Å². The van der Waals surface area contributed by atoms with Gasteiger partial charge in [-0.15, -0.1) is 0 Å². The van der Waals surface area contributed by atoms with Crippen LogP contribution >= 0.6 is 0 Å². The van der Waals surface area contributed by atoms with Crippen LogP contribution in [0.5, 0.6) is 0 Å². The Hall–Kier alpha value is -0.500. The van der Waals surface area contributed by atoms with Gasteiger partial charge in [0.15, 0.2) is 6.29 Å². The van der Waals surface area contributed by atoms with Gasteiger partial charge in [0.2, 0.25) is 0 Å². The van der Waals surface area contributed by atoms with Crippen molar-refractivity contribution in [1.82, 2.24) is 0 Å². The third-order valence-corrected chi connectivity index (χ3v) is 1.00. The summed E-state index contributed by atoms with van der Waals surface area (Å²) in [7, 11) is 0. The SMILES string of the molecule is CC1OC=CCCO1. The van der Waals surface area contributed by atoms with Gasteiger partial charge in [-0.05, 0) is 19.4 Å². The monoisotopic (exact) mass is 114 g/mol. The fourth-order valence-electron chi connectivity index (χ4n) is 0.576. The Bertz CT molecular complexity index is 88.5. The summed E-state index contributed by atoms with van der Waals surface area (Å²) in [6, 6.07) is 0. The molecule has 2 heteroatoms. The van der Waals surface area contributed by atoms with E-state index in [-0.39, 0.29) is 6.29 Å². The molecular formula is C6H10O2. The van der Waals surface area contributed by atoms with E-state index in [1.165, 1.54) is 0 Å². The van der Waals surface area contributed by atoms with E-state index < -0.39 is 0 Å². The van der Waals surface area contributed by atoms with Crippen LogP contribution in [0.2, 0.25) is 0 Å². The van der Waals surface area contributed by atoms with Crippen LogP contribution in [0.4, 0.5) is 0 Å². The summed E-state index contributed by atoms with van der Waals surface area (Å²) in [6.07, 6.45) is 4.56. The standard InChI is InChI=1S/C6H10O2/c1-6-7-4-2-3-5-8-6/h2,4,6H,3,5H2,1H3. The summed E-state index contributed by atoms with van der Waals surface area (Å²) in [5.41, 5.74) is 0. The molecule has 0 saturated heterocycles. The second-order valence-electron chi connectivity index (χ2n) is 1.73. The summed E-state index contributed by atoms with van der Waals surface area (Å²) in [6.45, 7) is 2.66. The van der Waals surface area contributed by atoms with E-state index in [1.54, 1.807) is 6.26 Å². The predicted octanol–water partition coefficient (Wildman–Crippen LogP) is 1.28. The van der Waals surface area contributed by atoms with Crippen molar-refractivity contribution in [3.05, 3.63) is 12.3 Å². The van der Waals surface area contributed by atoms with Crippen LogP contribution in [0.25, 0.3) is 0 Å². The molecule has 1 aliphatic rings. The highest BCUT2D eigenvalue weighted by Crippen LogP contribution is 2.00. The minimum Gasteiger partial charge on any atom is -0.473 e. The molecule has 0 spiro atoms. The second-order valence-corrected chi connectivity index (χ2v) is 1.73. The molecule has 1 heterocycles. The molecule has 0 amide bonds. The van der Waals surface area contributed by atoms with Crippen molar-refractivity contribution in [3.8, 4) is 0 Å². The molecule has 0 aromatic heterocycles. The van der Waals surface area contributed by atoms with Crippen LogP contribution in [0.3, 0.4) is 0 Å². The molecule has 0 aliphatic carbocycles. The average Bonchev–Trinajstić information content (AvgIpc) is 1.94. The van der Waals surface area contributed by atoms with Crippen molar-refractivity contribution < 1.29 is 9.47 Å². The van der Waals surface area contributed by atoms with Crippen molar-refractivity contribution in [1.29, 1.82) is 0 Å². The third-order valence-electron chi connectivity index (χ3n) is 1.00. The molecule has 1 rings (SSSR count). The van der Waals surface area contributed by atoms with Crippen molar-refractivity contribution >= 4 is 0 Å². The van der Waals surface area contributed by atoms with Crippen LogP contribution in [0.1, 0.15) is 13.3 Å². The van der Waals surface area contributed by atoms with Gasteiger partial charge in [0, 0.05) is 0 Å². The molecule has 1 atom stereocenters. The first kappa shape index (κ1) is 5.63. The maximum absolute atomic E-state index is 5.12. The summed E-state index contributed by atoms with van der Waals surface area (Å²) in [5, 5.41) is 0. The Kier molecular flexibility index (Phi) is 1.92. The van der Waals surface area contributed by atoms with Crippen LogP contribution in [0.15, 0.2) is 12.3 Å². The molecule has 1 unspecified atom stereocenters. The van der Waals surface area contributed by atoms with Gasteiger partial charge in [-0.1, -0.05) is 0 Å². The fourth-order valence-corrected chi connectivity index (χ4v) is 0.576. The first-order valence-corrected chi connectivity index (χ1v) is 2.81. The maximum atomic E-state index is 5.12. The Morgan fingerprint density at radius 3 is 3.38 bits per heavy atom. The van der Waals surface area contributed by atoms with E-state index in [9.17, 15) is 0 Å². The molecule has 0 saturated carbocycles. The molecule has 0 aromatic rings. The summed E-state index contributed by atoms with van der Waals surface area (Å²) >= 11 is 0. The Morgan fingerprint density at radius 1 is 1.62 bits per heavy atom. The zero-order valence-electron chi connectivity index (χ0n) is 4.96. The largest absolute Gasteiger partial charge is 0.473 e. The van der Waals surface area contributed by atoms with Gasteiger partial charge in [0.25, 0.3) is 0 Å². The van der Waals surface area contributed by atoms with Crippen LogP contribution in [-0.2, 0) is 9.47 Å². The molecule has 0 N–H and O–H groups in total. The van der Waals surface area contributed by atoms with E-state index >= 15 is 0 Å². The van der Waals surface area contributed by atoms with Crippen molar-refractivity contribution in [2.24, 2.45) is 0 Å². The molecular weight excluding hydrogens is 104 g/mol. The molecule has 0 fully saturated rings. The van der Waals surface area contributed by atoms with E-state index in [1.807, 2.05) is 13.0 Å². The zero-order valence-corrected chi connectivity index (χ0v) is 4.96. The Labute approximate surface area is 49.1 Å². The fraction of sp³-hybridized carbons (Fsp3) is 0.667. The van der Waals surface area contributed by atoms with E-state index in [4.69, 9.17) is 9.47 Å². The molecule has 0 radical (unpaired) electrons. The number of ether oxygens (including phenoxy) is 2. The minimum absolute atomic E-state index is 0.0613. The highest BCUT2D eigenvalue weighted by atomic mass is 16.7. The number of hydrogen-bond donors (Lipinski definition) is 0. The molecule has 46 valence electrons. The lowest BCUT2D eigenvalue weighted by Gasteiger charge is -2.07. The lowest BCUT2D eigenvalue weighted by Crippen LogP contribution is -2.07. The molecule has 8 heavy (non-hydrogen) atoms. The van der Waals surface area contributed by atoms with Gasteiger partial charge in [0.05, 0.1) is 12.9 Å². The normalized spacial score (nSPS) is 28.9. The average molecular weight is 114 g/mol. The van der Waals surface area contributed by atoms with E-state index in [0.29, 0.717) is 0 Å². The lowest BCUT2D eigenvalue weighted by atomic mass is 10.4. The van der Waals surface area contributed by atoms with Crippen molar-refractivity contribution in [2.45, 2.75) is 19.6 Å². The molecule has 2 nitrogen and oxygen atoms in total. The van der Waals surface area contributed by atoms with Crippen LogP contribution < -0.4 is 0 Å². The first-order valence-electron chi connectivity index (χ1n) is 2.81. The van der Waals surface area contributed by atoms with Gasteiger partial charge in [-0.3, -0.25) is 0 Å². The van der Waals surface area contributed by atoms with Crippen LogP contribution in [-0.4, -0.2) is 12.9 Å². The highest BCUT2D eigenvalue weighted by molar-refractivity contribution is 4.74. The number of rotatable bonds is 0. The predicted molar refractivity (Wildman–Crippen MR) is 30.3 cm³/mol. The first-order chi connectivity index (χ1) is 3.89. The van der Waals surface area contributed by atoms with Crippen LogP contribution in [0, 0.1) is 0 Å². The number of hydrogen-bond acceptors (Lipinski definition) is 2. The maximum Gasteiger partial charge on any atom is 0.196 e. The Balaban J connectivity index is 2.30. The summed E-state index contributed by atoms with van der Waals surface area (Å²) in [4.78, 5) is 0. The second kappa shape index (κ2) is 2.72. The smallest absolute Gasteiger partial charge is 0.196 e. The Morgan fingerprint density at radius 2 is 2.50 bits per heavy atom. The lowest BCUT2D eigenvalue weighted by molar-refractivity contribution is -0.0847. The molecule has 0 bridgehead atoms. The van der Waals surface area contributed by atoms with Gasteiger partial charge in [-0.2, -0.15) is 0 Å². The van der Waals surface area contributed by atoms with Gasteiger partial charge in [-0.25, -0.2) is 0 Å². The van der Waals surface area contributed by atoms with E-state index in [2.05, 4.69) is 0 Å². The highest BCUT2D eigenvalue weighted by Gasteiger charge is 2.00. The topological polar surface area (TPSA) is 18.5 Å². The summed E-state index contributed by atoms with van der Waals surface area (Å²) in [5.74, 6) is 0.